The van der Waals surface area contributed by atoms with Crippen molar-refractivity contribution in [1.29, 1.82) is 0 Å². The third-order valence-corrected chi connectivity index (χ3v) is 3.15. The molecule has 1 aromatic rings. The number of benzene rings is 1. The average molecular weight is 311 g/mol. The fourth-order valence-corrected chi connectivity index (χ4v) is 1.60. The highest BCUT2D eigenvalue weighted by Gasteiger charge is 2.17. The molecule has 0 aliphatic heterocycles. The highest BCUT2D eigenvalue weighted by molar-refractivity contribution is 6.42. The van der Waals surface area contributed by atoms with Crippen molar-refractivity contribution in [2.75, 3.05) is 13.7 Å². The summed E-state index contributed by atoms with van der Waals surface area (Å²) < 4.78 is 4.42. The first-order valence-electron chi connectivity index (χ1n) is 4.91. The van der Waals surface area contributed by atoms with Crippen LogP contribution in [0.5, 0.6) is 0 Å². The Hall–Kier alpha value is -0.970. The van der Waals surface area contributed by atoms with E-state index in [1.807, 2.05) is 0 Å². The van der Waals surface area contributed by atoms with Crippen LogP contribution in [0.25, 0.3) is 0 Å². The van der Waals surface area contributed by atoms with Crippen LogP contribution in [0.15, 0.2) is 18.2 Å². The summed E-state index contributed by atoms with van der Waals surface area (Å²) in [5.74, 6) is -1.01. The zero-order valence-corrected chi connectivity index (χ0v) is 11.6. The first-order chi connectivity index (χ1) is 8.45. The third kappa shape index (κ3) is 4.05. The Bertz CT molecular complexity index is 465. The number of halogens is 3. The maximum atomic E-state index is 11.7. The fourth-order valence-electron chi connectivity index (χ4n) is 1.13. The molecule has 18 heavy (non-hydrogen) atoms. The fraction of sp³-hybridized carbons (Fsp3) is 0.273. The third-order valence-electron chi connectivity index (χ3n) is 2.08. The highest BCUT2D eigenvalue weighted by atomic mass is 35.5. The molecule has 0 radical (unpaired) electrons. The number of hydrogen-bond donors (Lipinski definition) is 1. The molecule has 0 saturated heterocycles. The molecule has 0 heterocycles. The van der Waals surface area contributed by atoms with Crippen molar-refractivity contribution in [3.8, 4) is 0 Å². The Balaban J connectivity index is 2.60. The van der Waals surface area contributed by atoms with Crippen molar-refractivity contribution in [1.82, 2.24) is 5.32 Å². The number of hydrogen-bond acceptors (Lipinski definition) is 3. The number of ether oxygens (including phenoxy) is 1. The lowest BCUT2D eigenvalue weighted by molar-refractivity contribution is -0.140. The van der Waals surface area contributed by atoms with E-state index in [1.54, 1.807) is 0 Å². The first-order valence-corrected chi connectivity index (χ1v) is 6.10. The monoisotopic (exact) mass is 309 g/mol. The normalized spacial score (nSPS) is 11.8. The second-order valence-corrected chi connectivity index (χ2v) is 4.67. The summed E-state index contributed by atoms with van der Waals surface area (Å²) in [6, 6.07) is 4.46. The van der Waals surface area contributed by atoms with Gasteiger partial charge in [-0.25, -0.2) is 0 Å². The van der Waals surface area contributed by atoms with Crippen LogP contribution in [0.3, 0.4) is 0 Å². The maximum absolute atomic E-state index is 11.7. The Morgan fingerprint density at radius 2 is 2.00 bits per heavy atom. The first kappa shape index (κ1) is 15.1. The molecule has 98 valence electrons. The maximum Gasteiger partial charge on any atom is 0.325 e. The molecular weight excluding hydrogens is 300 g/mol. The van der Waals surface area contributed by atoms with E-state index < -0.39 is 17.3 Å². The van der Waals surface area contributed by atoms with Gasteiger partial charge >= 0.3 is 5.97 Å². The molecule has 1 aromatic carbocycles. The van der Waals surface area contributed by atoms with E-state index in [2.05, 4.69) is 10.1 Å². The van der Waals surface area contributed by atoms with Gasteiger partial charge in [-0.05, 0) is 18.2 Å². The van der Waals surface area contributed by atoms with Crippen LogP contribution >= 0.6 is 34.8 Å². The van der Waals surface area contributed by atoms with Gasteiger partial charge in [0.25, 0.3) is 5.91 Å². The van der Waals surface area contributed by atoms with Crippen molar-refractivity contribution >= 4 is 46.7 Å². The van der Waals surface area contributed by atoms with Crippen molar-refractivity contribution in [3.05, 3.63) is 33.8 Å². The van der Waals surface area contributed by atoms with Crippen LogP contribution in [-0.4, -0.2) is 30.9 Å². The van der Waals surface area contributed by atoms with Crippen LogP contribution in [-0.2, 0) is 9.53 Å². The predicted octanol–water partition coefficient (Wildman–Crippen LogP) is 2.50. The Labute approximate surface area is 119 Å². The number of carbonyl (C=O) groups excluding carboxylic acids is 2. The van der Waals surface area contributed by atoms with Crippen LogP contribution in [0, 0.1) is 0 Å². The topological polar surface area (TPSA) is 55.4 Å². The number of amides is 1. The molecule has 0 aliphatic rings. The van der Waals surface area contributed by atoms with E-state index in [1.165, 1.54) is 25.3 Å². The molecule has 0 aromatic heterocycles. The van der Waals surface area contributed by atoms with Gasteiger partial charge in [0.2, 0.25) is 0 Å². The zero-order chi connectivity index (χ0) is 13.7. The molecule has 0 aliphatic carbocycles. The van der Waals surface area contributed by atoms with Gasteiger partial charge in [0, 0.05) is 12.1 Å². The summed E-state index contributed by atoms with van der Waals surface area (Å²) in [6.07, 6.45) is 0. The van der Waals surface area contributed by atoms with E-state index >= 15 is 0 Å². The van der Waals surface area contributed by atoms with Gasteiger partial charge in [0.05, 0.1) is 17.2 Å². The van der Waals surface area contributed by atoms with Gasteiger partial charge in [-0.15, -0.1) is 11.6 Å². The summed E-state index contributed by atoms with van der Waals surface area (Å²) in [7, 11) is 1.22. The van der Waals surface area contributed by atoms with Crippen LogP contribution in [0.2, 0.25) is 10.0 Å². The lowest BCUT2D eigenvalue weighted by Gasteiger charge is -2.09. The highest BCUT2D eigenvalue weighted by Crippen LogP contribution is 2.22. The average Bonchev–Trinajstić information content (AvgIpc) is 2.37. The van der Waals surface area contributed by atoms with Gasteiger partial charge in [-0.3, -0.25) is 9.59 Å². The minimum Gasteiger partial charge on any atom is -0.468 e. The summed E-state index contributed by atoms with van der Waals surface area (Å²) in [5.41, 5.74) is 0.332. The largest absolute Gasteiger partial charge is 0.468 e. The summed E-state index contributed by atoms with van der Waals surface area (Å²) in [6.45, 7) is -0.0344. The van der Waals surface area contributed by atoms with Crippen LogP contribution in [0.4, 0.5) is 0 Å². The molecule has 0 saturated carbocycles. The van der Waals surface area contributed by atoms with E-state index in [0.717, 1.165) is 0 Å². The molecule has 0 spiro atoms. The van der Waals surface area contributed by atoms with Crippen LogP contribution < -0.4 is 5.32 Å². The number of rotatable bonds is 4. The molecule has 4 nitrogen and oxygen atoms in total. The van der Waals surface area contributed by atoms with E-state index in [4.69, 9.17) is 34.8 Å². The van der Waals surface area contributed by atoms with Gasteiger partial charge in [-0.1, -0.05) is 23.2 Å². The SMILES string of the molecule is COC(=O)C(Cl)CNC(=O)c1ccc(Cl)c(Cl)c1. The minimum absolute atomic E-state index is 0.0344. The smallest absolute Gasteiger partial charge is 0.325 e. The van der Waals surface area contributed by atoms with E-state index in [0.29, 0.717) is 10.6 Å². The molecule has 1 rings (SSSR count). The molecule has 1 atom stereocenters. The van der Waals surface area contributed by atoms with Gasteiger partial charge in [0.15, 0.2) is 0 Å². The van der Waals surface area contributed by atoms with Crippen molar-refractivity contribution < 1.29 is 14.3 Å². The molecule has 1 unspecified atom stereocenters. The molecule has 0 fully saturated rings. The lowest BCUT2D eigenvalue weighted by atomic mass is 10.2. The number of nitrogens with one attached hydrogen (secondary N) is 1. The van der Waals surface area contributed by atoms with Crippen molar-refractivity contribution in [2.45, 2.75) is 5.38 Å². The lowest BCUT2D eigenvalue weighted by Crippen LogP contribution is -2.34. The van der Waals surface area contributed by atoms with Gasteiger partial charge in [-0.2, -0.15) is 0 Å². The summed E-state index contributed by atoms with van der Waals surface area (Å²) in [5, 5.41) is 2.19. The standard InChI is InChI=1S/C11H10Cl3NO3/c1-18-11(17)9(14)5-15-10(16)6-2-3-7(12)8(13)4-6/h2-4,9H,5H2,1H3,(H,15,16). The summed E-state index contributed by atoms with van der Waals surface area (Å²) >= 11 is 17.2. The molecular formula is C11H10Cl3NO3. The van der Waals surface area contributed by atoms with Crippen LogP contribution in [0.1, 0.15) is 10.4 Å². The molecule has 1 N–H and O–H groups in total. The number of methoxy groups -OCH3 is 1. The zero-order valence-electron chi connectivity index (χ0n) is 9.38. The van der Waals surface area contributed by atoms with Gasteiger partial charge < -0.3 is 10.1 Å². The number of carbonyl (C=O) groups is 2. The molecule has 0 bridgehead atoms. The second kappa shape index (κ2) is 6.83. The quantitative estimate of drug-likeness (QED) is 0.687. The molecule has 1 amide bonds. The Morgan fingerprint density at radius 1 is 1.33 bits per heavy atom. The van der Waals surface area contributed by atoms with Crippen molar-refractivity contribution in [3.63, 3.8) is 0 Å². The number of alkyl halides is 1. The number of esters is 1. The van der Waals surface area contributed by atoms with Gasteiger partial charge in [0.1, 0.15) is 5.38 Å². The second-order valence-electron chi connectivity index (χ2n) is 3.33. The molecule has 7 heteroatoms. The Kier molecular flexibility index (Phi) is 5.72. The van der Waals surface area contributed by atoms with E-state index in [-0.39, 0.29) is 11.6 Å². The van der Waals surface area contributed by atoms with Crippen molar-refractivity contribution in [2.24, 2.45) is 0 Å². The summed E-state index contributed by atoms with van der Waals surface area (Å²) in [4.78, 5) is 22.7. The van der Waals surface area contributed by atoms with E-state index in [9.17, 15) is 9.59 Å². The Morgan fingerprint density at radius 3 is 2.56 bits per heavy atom. The minimum atomic E-state index is -0.929. The predicted molar refractivity (Wildman–Crippen MR) is 70.5 cm³/mol.